The zero-order valence-corrected chi connectivity index (χ0v) is 14.3. The van der Waals surface area contributed by atoms with Gasteiger partial charge in [-0.3, -0.25) is 0 Å². The van der Waals surface area contributed by atoms with Gasteiger partial charge in [-0.1, -0.05) is 36.4 Å². The highest BCUT2D eigenvalue weighted by atomic mass is 16.7. The van der Waals surface area contributed by atoms with E-state index in [4.69, 9.17) is 14.2 Å². The van der Waals surface area contributed by atoms with Crippen LogP contribution in [0.25, 0.3) is 0 Å². The third-order valence-electron chi connectivity index (χ3n) is 4.10. The normalized spacial score (nSPS) is 25.3. The third-order valence-corrected chi connectivity index (χ3v) is 4.10. The maximum atomic E-state index is 12.3. The molecule has 0 aliphatic carbocycles. The number of aliphatic hydroxyl groups is 1. The summed E-state index contributed by atoms with van der Waals surface area (Å²) in [6.45, 7) is 1.75. The van der Waals surface area contributed by atoms with Crippen LogP contribution < -0.4 is 0 Å². The minimum Gasteiger partial charge on any atom is -0.455 e. The molecule has 1 saturated heterocycles. The van der Waals surface area contributed by atoms with Crippen LogP contribution in [0.1, 0.15) is 34.1 Å². The molecule has 0 amide bonds. The average Bonchev–Trinajstić information content (AvgIpc) is 2.65. The molecule has 3 rings (SSSR count). The molecule has 1 aliphatic rings. The zero-order valence-electron chi connectivity index (χ0n) is 14.3. The molecule has 0 radical (unpaired) electrons. The highest BCUT2D eigenvalue weighted by Crippen LogP contribution is 2.25. The minimum atomic E-state index is -1.38. The molecule has 1 fully saturated rings. The molecule has 0 bridgehead atoms. The van der Waals surface area contributed by atoms with Gasteiger partial charge in [-0.05, 0) is 31.2 Å². The smallest absolute Gasteiger partial charge is 0.338 e. The lowest BCUT2D eigenvalue weighted by Gasteiger charge is -2.37. The zero-order chi connectivity index (χ0) is 18.5. The van der Waals surface area contributed by atoms with Gasteiger partial charge in [0, 0.05) is 6.42 Å². The van der Waals surface area contributed by atoms with E-state index >= 15 is 0 Å². The molecule has 1 aliphatic heterocycles. The van der Waals surface area contributed by atoms with Crippen LogP contribution >= 0.6 is 0 Å². The Kier molecular flexibility index (Phi) is 5.65. The fourth-order valence-corrected chi connectivity index (χ4v) is 2.81. The Morgan fingerprint density at radius 2 is 1.42 bits per heavy atom. The largest absolute Gasteiger partial charge is 0.455 e. The Morgan fingerprint density at radius 1 is 0.923 bits per heavy atom. The minimum absolute atomic E-state index is 0.308. The Bertz CT molecular complexity index is 745. The van der Waals surface area contributed by atoms with Gasteiger partial charge >= 0.3 is 11.9 Å². The molecule has 1 N–H and O–H groups in total. The molecule has 136 valence electrons. The summed E-state index contributed by atoms with van der Waals surface area (Å²) in [5.74, 6) is -1.16. The molecular weight excluding hydrogens is 336 g/mol. The van der Waals surface area contributed by atoms with Crippen molar-refractivity contribution >= 4 is 11.9 Å². The van der Waals surface area contributed by atoms with E-state index in [-0.39, 0.29) is 6.10 Å². The molecule has 26 heavy (non-hydrogen) atoms. The molecule has 0 spiro atoms. The second kappa shape index (κ2) is 8.12. The van der Waals surface area contributed by atoms with Gasteiger partial charge in [0.2, 0.25) is 0 Å². The molecular formula is C20H20O6. The summed E-state index contributed by atoms with van der Waals surface area (Å²) in [6.07, 6.45) is -3.33. The van der Waals surface area contributed by atoms with E-state index in [9.17, 15) is 14.7 Å². The number of ether oxygens (including phenoxy) is 3. The molecule has 0 unspecified atom stereocenters. The van der Waals surface area contributed by atoms with E-state index in [1.165, 1.54) is 0 Å². The van der Waals surface area contributed by atoms with Crippen LogP contribution in [0.3, 0.4) is 0 Å². The van der Waals surface area contributed by atoms with Gasteiger partial charge in [0.1, 0.15) is 6.10 Å². The van der Waals surface area contributed by atoms with Gasteiger partial charge in [-0.2, -0.15) is 0 Å². The summed E-state index contributed by atoms with van der Waals surface area (Å²) in [4.78, 5) is 24.7. The van der Waals surface area contributed by atoms with Crippen LogP contribution in [0.5, 0.6) is 0 Å². The topological polar surface area (TPSA) is 82.1 Å². The summed E-state index contributed by atoms with van der Waals surface area (Å²) in [6, 6.07) is 16.9. The van der Waals surface area contributed by atoms with Gasteiger partial charge in [0.05, 0.1) is 17.2 Å². The number of hydrogen-bond donors (Lipinski definition) is 1. The van der Waals surface area contributed by atoms with Gasteiger partial charge < -0.3 is 19.3 Å². The summed E-state index contributed by atoms with van der Waals surface area (Å²) in [7, 11) is 0. The lowest BCUT2D eigenvalue weighted by molar-refractivity contribution is -0.242. The quantitative estimate of drug-likeness (QED) is 0.848. The highest BCUT2D eigenvalue weighted by molar-refractivity contribution is 5.90. The summed E-state index contributed by atoms with van der Waals surface area (Å²) >= 11 is 0. The number of rotatable bonds is 4. The summed E-state index contributed by atoms with van der Waals surface area (Å²) in [5, 5.41) is 10.2. The number of benzene rings is 2. The van der Waals surface area contributed by atoms with E-state index in [0.29, 0.717) is 17.5 Å². The second-order valence-electron chi connectivity index (χ2n) is 6.12. The lowest BCUT2D eigenvalue weighted by Crippen LogP contribution is -2.51. The molecule has 2 aromatic rings. The summed E-state index contributed by atoms with van der Waals surface area (Å²) in [5.41, 5.74) is 0.723. The Hall–Kier alpha value is -2.70. The molecule has 2 aromatic carbocycles. The van der Waals surface area contributed by atoms with Crippen LogP contribution in [0, 0.1) is 0 Å². The van der Waals surface area contributed by atoms with Crippen molar-refractivity contribution in [3.05, 3.63) is 71.8 Å². The fourth-order valence-electron chi connectivity index (χ4n) is 2.81. The third kappa shape index (κ3) is 4.28. The Balaban J connectivity index is 1.74. The van der Waals surface area contributed by atoms with E-state index in [1.807, 2.05) is 0 Å². The first-order chi connectivity index (χ1) is 12.5. The molecule has 6 nitrogen and oxygen atoms in total. The summed E-state index contributed by atoms with van der Waals surface area (Å²) < 4.78 is 16.2. The first-order valence-electron chi connectivity index (χ1n) is 8.40. The van der Waals surface area contributed by atoms with Gasteiger partial charge in [-0.15, -0.1) is 0 Å². The van der Waals surface area contributed by atoms with Crippen LogP contribution in [-0.2, 0) is 14.2 Å². The van der Waals surface area contributed by atoms with Gasteiger partial charge in [0.25, 0.3) is 0 Å². The van der Waals surface area contributed by atoms with E-state index < -0.39 is 30.4 Å². The second-order valence-corrected chi connectivity index (χ2v) is 6.12. The maximum Gasteiger partial charge on any atom is 0.338 e. The monoisotopic (exact) mass is 356 g/mol. The number of carbonyl (C=O) groups excluding carboxylic acids is 2. The Labute approximate surface area is 151 Å². The van der Waals surface area contributed by atoms with Crippen molar-refractivity contribution < 1.29 is 28.9 Å². The van der Waals surface area contributed by atoms with Crippen molar-refractivity contribution in [2.75, 3.05) is 0 Å². The van der Waals surface area contributed by atoms with Crippen LogP contribution in [0.2, 0.25) is 0 Å². The number of esters is 2. The Morgan fingerprint density at radius 3 is 1.96 bits per heavy atom. The molecule has 4 atom stereocenters. The molecule has 0 aromatic heterocycles. The first-order valence-corrected chi connectivity index (χ1v) is 8.40. The van der Waals surface area contributed by atoms with Crippen molar-refractivity contribution in [3.8, 4) is 0 Å². The van der Waals surface area contributed by atoms with E-state index in [0.717, 1.165) is 0 Å². The lowest BCUT2D eigenvalue weighted by atomic mass is 10.0. The van der Waals surface area contributed by atoms with Crippen molar-refractivity contribution in [1.82, 2.24) is 0 Å². The maximum absolute atomic E-state index is 12.3. The molecule has 0 saturated carbocycles. The number of aliphatic hydroxyl groups excluding tert-OH is 1. The van der Waals surface area contributed by atoms with E-state index in [1.54, 1.807) is 67.6 Å². The van der Waals surface area contributed by atoms with Crippen LogP contribution in [-0.4, -0.2) is 41.6 Å². The molecule has 1 heterocycles. The average molecular weight is 356 g/mol. The van der Waals surface area contributed by atoms with Crippen LogP contribution in [0.4, 0.5) is 0 Å². The highest BCUT2D eigenvalue weighted by Gasteiger charge is 2.42. The van der Waals surface area contributed by atoms with E-state index in [2.05, 4.69) is 0 Å². The number of hydrogen-bond acceptors (Lipinski definition) is 6. The van der Waals surface area contributed by atoms with Crippen molar-refractivity contribution in [3.63, 3.8) is 0 Å². The first kappa shape index (κ1) is 18.1. The van der Waals surface area contributed by atoms with Gasteiger partial charge in [0.15, 0.2) is 12.4 Å². The van der Waals surface area contributed by atoms with Crippen LogP contribution in [0.15, 0.2) is 60.7 Å². The van der Waals surface area contributed by atoms with Gasteiger partial charge in [-0.25, -0.2) is 9.59 Å². The molecule has 6 heteroatoms. The predicted octanol–water partition coefficient (Wildman–Crippen LogP) is 2.56. The van der Waals surface area contributed by atoms with Crippen molar-refractivity contribution in [2.45, 2.75) is 37.9 Å². The predicted molar refractivity (Wildman–Crippen MR) is 92.5 cm³/mol. The van der Waals surface area contributed by atoms with Crippen molar-refractivity contribution in [1.29, 1.82) is 0 Å². The standard InChI is InChI=1S/C20H20O6/c1-13-12-16(25-18(21)14-8-4-2-5-9-14)17(20(23)24-13)26-19(22)15-10-6-3-7-11-15/h2-11,13,16-17,20,23H,12H2,1H3/t13-,16-,17+,20+/m0/s1. The SMILES string of the molecule is C[C@H]1C[C@H](OC(=O)c2ccccc2)[C@@H](OC(=O)c2ccccc2)[C@H](O)O1. The van der Waals surface area contributed by atoms with Crippen molar-refractivity contribution in [2.24, 2.45) is 0 Å². The number of carbonyl (C=O) groups is 2. The fraction of sp³-hybridized carbons (Fsp3) is 0.300.